The van der Waals surface area contributed by atoms with E-state index in [2.05, 4.69) is 30.9 Å². The molecule has 1 saturated carbocycles. The van der Waals surface area contributed by atoms with Gasteiger partial charge in [0.2, 0.25) is 0 Å². The molecule has 2 unspecified atom stereocenters. The zero-order valence-corrected chi connectivity index (χ0v) is 12.0. The van der Waals surface area contributed by atoms with Gasteiger partial charge in [-0.3, -0.25) is 0 Å². The molecule has 1 aliphatic rings. The highest BCUT2D eigenvalue weighted by atomic mass is 32.2. The minimum absolute atomic E-state index is 0.819. The summed E-state index contributed by atoms with van der Waals surface area (Å²) in [5.74, 6) is 3.60. The van der Waals surface area contributed by atoms with Crippen molar-refractivity contribution in [2.24, 2.45) is 5.92 Å². The molecular weight excluding hydrogens is 214 g/mol. The number of nitrogens with one attached hydrogen (secondary N) is 1. The van der Waals surface area contributed by atoms with Gasteiger partial charge in [0.1, 0.15) is 0 Å². The molecule has 0 radical (unpaired) electrons. The van der Waals surface area contributed by atoms with Crippen molar-refractivity contribution in [3.63, 3.8) is 0 Å². The highest BCUT2D eigenvalue weighted by Gasteiger charge is 2.22. The molecule has 96 valence electrons. The van der Waals surface area contributed by atoms with Crippen LogP contribution in [0.2, 0.25) is 0 Å². The van der Waals surface area contributed by atoms with Crippen molar-refractivity contribution in [1.82, 2.24) is 5.32 Å². The second kappa shape index (κ2) is 9.35. The van der Waals surface area contributed by atoms with E-state index in [1.807, 2.05) is 0 Å². The molecule has 1 fully saturated rings. The first kappa shape index (κ1) is 14.4. The topological polar surface area (TPSA) is 12.0 Å². The van der Waals surface area contributed by atoms with Crippen LogP contribution < -0.4 is 5.32 Å². The first-order valence-corrected chi connectivity index (χ1v) is 8.35. The van der Waals surface area contributed by atoms with Gasteiger partial charge < -0.3 is 5.32 Å². The Bertz CT molecular complexity index is 161. The third-order valence-corrected chi connectivity index (χ3v) is 4.59. The maximum atomic E-state index is 3.78. The summed E-state index contributed by atoms with van der Waals surface area (Å²) in [4.78, 5) is 0. The predicted octanol–water partition coefficient (Wildman–Crippen LogP) is 4.08. The number of hydrogen-bond donors (Lipinski definition) is 1. The Hall–Kier alpha value is 0.310. The fourth-order valence-electron chi connectivity index (χ4n) is 2.71. The van der Waals surface area contributed by atoms with Gasteiger partial charge in [0, 0.05) is 6.04 Å². The minimum Gasteiger partial charge on any atom is -0.314 e. The van der Waals surface area contributed by atoms with E-state index in [0.29, 0.717) is 0 Å². The van der Waals surface area contributed by atoms with Crippen LogP contribution >= 0.6 is 11.8 Å². The summed E-state index contributed by atoms with van der Waals surface area (Å²) in [6.45, 7) is 5.75. The highest BCUT2D eigenvalue weighted by Crippen LogP contribution is 2.27. The minimum atomic E-state index is 0.819. The molecule has 0 amide bonds. The molecule has 0 aromatic rings. The Balaban J connectivity index is 2.32. The van der Waals surface area contributed by atoms with Crippen molar-refractivity contribution in [3.05, 3.63) is 0 Å². The lowest BCUT2D eigenvalue weighted by atomic mass is 9.92. The van der Waals surface area contributed by atoms with Gasteiger partial charge in [-0.2, -0.15) is 11.8 Å². The van der Waals surface area contributed by atoms with Gasteiger partial charge in [-0.15, -0.1) is 0 Å². The lowest BCUT2D eigenvalue weighted by molar-refractivity contribution is 0.328. The summed E-state index contributed by atoms with van der Waals surface area (Å²) < 4.78 is 0. The molecule has 0 saturated heterocycles. The van der Waals surface area contributed by atoms with Gasteiger partial charge in [0.25, 0.3) is 0 Å². The van der Waals surface area contributed by atoms with Gasteiger partial charge in [-0.25, -0.2) is 0 Å². The Kier molecular flexibility index (Phi) is 8.40. The van der Waals surface area contributed by atoms with Crippen LogP contribution in [0.3, 0.4) is 0 Å². The van der Waals surface area contributed by atoms with Crippen LogP contribution in [0, 0.1) is 5.92 Å². The molecule has 0 aliphatic heterocycles. The van der Waals surface area contributed by atoms with E-state index >= 15 is 0 Å². The largest absolute Gasteiger partial charge is 0.314 e. The third kappa shape index (κ3) is 5.58. The average molecular weight is 243 g/mol. The zero-order chi connectivity index (χ0) is 11.6. The number of hydrogen-bond acceptors (Lipinski definition) is 2. The van der Waals surface area contributed by atoms with Crippen LogP contribution in [0.1, 0.15) is 58.8 Å². The first-order valence-electron chi connectivity index (χ1n) is 7.19. The van der Waals surface area contributed by atoms with Gasteiger partial charge in [-0.05, 0) is 49.7 Å². The molecular formula is C14H29NS. The first-order chi connectivity index (χ1) is 7.88. The predicted molar refractivity (Wildman–Crippen MR) is 76.3 cm³/mol. The maximum absolute atomic E-state index is 3.78. The fourth-order valence-corrected chi connectivity index (χ4v) is 3.47. The van der Waals surface area contributed by atoms with E-state index < -0.39 is 0 Å². The van der Waals surface area contributed by atoms with E-state index in [1.54, 1.807) is 0 Å². The molecule has 1 nitrogen and oxygen atoms in total. The van der Waals surface area contributed by atoms with E-state index in [-0.39, 0.29) is 0 Å². The quantitative estimate of drug-likeness (QED) is 0.534. The van der Waals surface area contributed by atoms with Crippen LogP contribution in [0.15, 0.2) is 0 Å². The smallest absolute Gasteiger partial charge is 0.00956 e. The zero-order valence-electron chi connectivity index (χ0n) is 11.1. The SMILES string of the molecule is CCCNC1CCCCCC1CCSCC. The van der Waals surface area contributed by atoms with Crippen molar-refractivity contribution in [3.8, 4) is 0 Å². The third-order valence-electron chi connectivity index (χ3n) is 3.65. The summed E-state index contributed by atoms with van der Waals surface area (Å²) in [7, 11) is 0. The molecule has 0 aromatic carbocycles. The van der Waals surface area contributed by atoms with Crippen molar-refractivity contribution < 1.29 is 0 Å². The van der Waals surface area contributed by atoms with Crippen molar-refractivity contribution in [2.75, 3.05) is 18.1 Å². The normalized spacial score (nSPS) is 26.6. The molecule has 1 N–H and O–H groups in total. The number of thioether (sulfide) groups is 1. The van der Waals surface area contributed by atoms with Gasteiger partial charge in [0.05, 0.1) is 0 Å². The highest BCUT2D eigenvalue weighted by molar-refractivity contribution is 7.99. The Morgan fingerprint density at radius 1 is 1.12 bits per heavy atom. The lowest BCUT2D eigenvalue weighted by Gasteiger charge is -2.26. The van der Waals surface area contributed by atoms with Gasteiger partial charge in [0.15, 0.2) is 0 Å². The molecule has 2 atom stereocenters. The summed E-state index contributed by atoms with van der Waals surface area (Å²) in [5, 5.41) is 3.78. The van der Waals surface area contributed by atoms with Crippen molar-refractivity contribution in [1.29, 1.82) is 0 Å². The number of rotatable bonds is 7. The Labute approximate surface area is 106 Å². The molecule has 0 aromatic heterocycles. The van der Waals surface area contributed by atoms with Crippen LogP contribution in [0.5, 0.6) is 0 Å². The van der Waals surface area contributed by atoms with Gasteiger partial charge in [-0.1, -0.05) is 33.1 Å². The van der Waals surface area contributed by atoms with Crippen LogP contribution in [-0.2, 0) is 0 Å². The lowest BCUT2D eigenvalue weighted by Crippen LogP contribution is -2.36. The summed E-state index contributed by atoms with van der Waals surface area (Å²) >= 11 is 2.11. The molecule has 0 heterocycles. The van der Waals surface area contributed by atoms with Crippen LogP contribution in [0.25, 0.3) is 0 Å². The fraction of sp³-hybridized carbons (Fsp3) is 1.00. The second-order valence-corrected chi connectivity index (χ2v) is 6.34. The van der Waals surface area contributed by atoms with E-state index in [4.69, 9.17) is 0 Å². The van der Waals surface area contributed by atoms with E-state index in [1.165, 1.54) is 63.0 Å². The van der Waals surface area contributed by atoms with Gasteiger partial charge >= 0.3 is 0 Å². The van der Waals surface area contributed by atoms with Crippen molar-refractivity contribution in [2.45, 2.75) is 64.8 Å². The summed E-state index contributed by atoms with van der Waals surface area (Å²) in [6.07, 6.45) is 9.95. The molecule has 0 spiro atoms. The monoisotopic (exact) mass is 243 g/mol. The Morgan fingerprint density at radius 3 is 2.69 bits per heavy atom. The molecule has 1 rings (SSSR count). The average Bonchev–Trinajstić information content (AvgIpc) is 2.52. The second-order valence-electron chi connectivity index (χ2n) is 4.94. The van der Waals surface area contributed by atoms with Crippen LogP contribution in [0.4, 0.5) is 0 Å². The Morgan fingerprint density at radius 2 is 1.94 bits per heavy atom. The standard InChI is InChI=1S/C14H29NS/c1-3-11-15-14-9-7-5-6-8-13(14)10-12-16-4-2/h13-15H,3-12H2,1-2H3. The molecule has 1 aliphatic carbocycles. The van der Waals surface area contributed by atoms with E-state index in [0.717, 1.165) is 12.0 Å². The molecule has 2 heteroatoms. The molecule has 0 bridgehead atoms. The maximum Gasteiger partial charge on any atom is 0.00956 e. The van der Waals surface area contributed by atoms with E-state index in [9.17, 15) is 0 Å². The molecule has 16 heavy (non-hydrogen) atoms. The summed E-state index contributed by atoms with van der Waals surface area (Å²) in [5.41, 5.74) is 0. The summed E-state index contributed by atoms with van der Waals surface area (Å²) in [6, 6.07) is 0.819. The van der Waals surface area contributed by atoms with Crippen LogP contribution in [-0.4, -0.2) is 24.1 Å². The van der Waals surface area contributed by atoms with Crippen molar-refractivity contribution >= 4 is 11.8 Å².